The number of likely N-dealkylation sites (tertiary alicyclic amines) is 1. The van der Waals surface area contributed by atoms with Gasteiger partial charge in [-0.15, -0.1) is 0 Å². The van der Waals surface area contributed by atoms with Gasteiger partial charge in [-0.2, -0.15) is 0 Å². The van der Waals surface area contributed by atoms with Gasteiger partial charge in [-0.1, -0.05) is 48.5 Å². The molecule has 0 radical (unpaired) electrons. The van der Waals surface area contributed by atoms with Crippen LogP contribution < -0.4 is 0 Å². The Hall–Kier alpha value is -2.82. The first kappa shape index (κ1) is 19.5. The lowest BCUT2D eigenvalue weighted by atomic mass is 9.98. The van der Waals surface area contributed by atoms with Crippen molar-refractivity contribution in [3.63, 3.8) is 0 Å². The van der Waals surface area contributed by atoms with E-state index >= 15 is 0 Å². The molecule has 0 bridgehead atoms. The van der Waals surface area contributed by atoms with Crippen LogP contribution in [0.2, 0.25) is 0 Å². The standard InChI is InChI=1S/C24H27NO4/c1-17(26)28-15-13-18-8-6-7-14-25(18)24(27)29-16-23-21-11-4-2-9-19(21)20-10-3-5-12-22(20)23/h2-5,9-12,18,23H,6-8,13-16H2,1H3/t18-/m0/s1. The predicted octanol–water partition coefficient (Wildman–Crippen LogP) is 4.74. The number of benzene rings is 2. The van der Waals surface area contributed by atoms with Crippen molar-refractivity contribution in [2.45, 2.75) is 44.6 Å². The van der Waals surface area contributed by atoms with Crippen molar-refractivity contribution < 1.29 is 19.1 Å². The summed E-state index contributed by atoms with van der Waals surface area (Å²) < 4.78 is 10.9. The Bertz CT molecular complexity index is 848. The quantitative estimate of drug-likeness (QED) is 0.689. The number of amides is 1. The second kappa shape index (κ2) is 8.68. The van der Waals surface area contributed by atoms with Gasteiger partial charge in [0, 0.05) is 31.8 Å². The molecule has 29 heavy (non-hydrogen) atoms. The van der Waals surface area contributed by atoms with Crippen molar-refractivity contribution in [1.82, 2.24) is 4.90 Å². The largest absolute Gasteiger partial charge is 0.466 e. The normalized spacial score (nSPS) is 18.1. The zero-order chi connectivity index (χ0) is 20.2. The van der Waals surface area contributed by atoms with Crippen LogP contribution >= 0.6 is 0 Å². The fourth-order valence-corrected chi connectivity index (χ4v) is 4.56. The van der Waals surface area contributed by atoms with Crippen molar-refractivity contribution in [1.29, 1.82) is 0 Å². The number of carbonyl (C=O) groups is 2. The van der Waals surface area contributed by atoms with Gasteiger partial charge in [-0.3, -0.25) is 4.79 Å². The molecule has 5 heteroatoms. The molecule has 4 rings (SSSR count). The molecule has 0 spiro atoms. The Kier molecular flexibility index (Phi) is 5.84. The Labute approximate surface area is 171 Å². The number of hydrogen-bond acceptors (Lipinski definition) is 4. The first-order valence-electron chi connectivity index (χ1n) is 10.4. The van der Waals surface area contributed by atoms with Gasteiger partial charge in [0.1, 0.15) is 6.61 Å². The van der Waals surface area contributed by atoms with Gasteiger partial charge in [0.05, 0.1) is 6.61 Å². The van der Waals surface area contributed by atoms with Crippen LogP contribution in [0.5, 0.6) is 0 Å². The third kappa shape index (κ3) is 4.14. The summed E-state index contributed by atoms with van der Waals surface area (Å²) in [5, 5.41) is 0. The van der Waals surface area contributed by atoms with E-state index in [1.54, 1.807) is 0 Å². The highest BCUT2D eigenvalue weighted by molar-refractivity contribution is 5.79. The Balaban J connectivity index is 1.43. The van der Waals surface area contributed by atoms with Crippen LogP contribution in [0, 0.1) is 0 Å². The first-order chi connectivity index (χ1) is 14.1. The monoisotopic (exact) mass is 393 g/mol. The zero-order valence-electron chi connectivity index (χ0n) is 16.8. The highest BCUT2D eigenvalue weighted by Crippen LogP contribution is 2.44. The third-order valence-electron chi connectivity index (χ3n) is 5.95. The lowest BCUT2D eigenvalue weighted by Crippen LogP contribution is -2.44. The summed E-state index contributed by atoms with van der Waals surface area (Å²) >= 11 is 0. The molecular formula is C24H27NO4. The highest BCUT2D eigenvalue weighted by atomic mass is 16.6. The van der Waals surface area contributed by atoms with Gasteiger partial charge in [0.15, 0.2) is 0 Å². The number of esters is 1. The number of nitrogens with zero attached hydrogens (tertiary/aromatic N) is 1. The zero-order valence-corrected chi connectivity index (χ0v) is 16.8. The van der Waals surface area contributed by atoms with E-state index in [1.165, 1.54) is 29.2 Å². The fourth-order valence-electron chi connectivity index (χ4n) is 4.56. The maximum Gasteiger partial charge on any atom is 0.410 e. The second-order valence-corrected chi connectivity index (χ2v) is 7.78. The van der Waals surface area contributed by atoms with Crippen molar-refractivity contribution in [2.24, 2.45) is 0 Å². The molecule has 2 aliphatic rings. The summed E-state index contributed by atoms with van der Waals surface area (Å²) in [5.41, 5.74) is 4.88. The Morgan fingerprint density at radius 1 is 0.966 bits per heavy atom. The minimum atomic E-state index is -0.284. The van der Waals surface area contributed by atoms with Crippen LogP contribution in [-0.2, 0) is 14.3 Å². The molecule has 1 fully saturated rings. The van der Waals surface area contributed by atoms with Crippen LogP contribution in [-0.4, -0.2) is 42.8 Å². The van der Waals surface area contributed by atoms with E-state index in [0.717, 1.165) is 19.3 Å². The van der Waals surface area contributed by atoms with Crippen molar-refractivity contribution >= 4 is 12.1 Å². The first-order valence-corrected chi connectivity index (χ1v) is 10.4. The van der Waals surface area contributed by atoms with Gasteiger partial charge in [-0.05, 0) is 41.5 Å². The van der Waals surface area contributed by atoms with E-state index in [-0.39, 0.29) is 24.0 Å². The molecule has 0 unspecified atom stereocenters. The SMILES string of the molecule is CC(=O)OCC[C@@H]1CCCCN1C(=O)OCC1c2ccccc2-c2ccccc21. The molecule has 2 aromatic rings. The van der Waals surface area contributed by atoms with Crippen LogP contribution in [0.4, 0.5) is 4.79 Å². The third-order valence-corrected chi connectivity index (χ3v) is 5.95. The summed E-state index contributed by atoms with van der Waals surface area (Å²) in [6.45, 7) is 2.78. The molecule has 1 aliphatic heterocycles. The van der Waals surface area contributed by atoms with Crippen molar-refractivity contribution in [3.05, 3.63) is 59.7 Å². The smallest absolute Gasteiger partial charge is 0.410 e. The van der Waals surface area contributed by atoms with Gasteiger partial charge < -0.3 is 14.4 Å². The molecule has 2 aromatic carbocycles. The summed E-state index contributed by atoms with van der Waals surface area (Å²) in [6.07, 6.45) is 3.38. The maximum atomic E-state index is 12.9. The number of carbonyl (C=O) groups excluding carboxylic acids is 2. The van der Waals surface area contributed by atoms with Crippen LogP contribution in [0.25, 0.3) is 11.1 Å². The minimum Gasteiger partial charge on any atom is -0.466 e. The molecule has 152 valence electrons. The Morgan fingerprint density at radius 3 is 2.28 bits per heavy atom. The minimum absolute atomic E-state index is 0.0654. The van der Waals surface area contributed by atoms with E-state index in [4.69, 9.17) is 9.47 Å². The second-order valence-electron chi connectivity index (χ2n) is 7.78. The number of fused-ring (bicyclic) bond motifs is 3. The molecule has 1 atom stereocenters. The summed E-state index contributed by atoms with van der Waals surface area (Å²) in [7, 11) is 0. The van der Waals surface area contributed by atoms with E-state index in [1.807, 2.05) is 29.2 Å². The van der Waals surface area contributed by atoms with Crippen LogP contribution in [0.3, 0.4) is 0 Å². The van der Waals surface area contributed by atoms with E-state index in [2.05, 4.69) is 24.3 Å². The summed E-state index contributed by atoms with van der Waals surface area (Å²) in [4.78, 5) is 25.7. The molecule has 1 saturated heterocycles. The average molecular weight is 393 g/mol. The van der Waals surface area contributed by atoms with Crippen molar-refractivity contribution in [2.75, 3.05) is 19.8 Å². The summed E-state index contributed by atoms with van der Waals surface area (Å²) in [5.74, 6) is -0.218. The number of rotatable bonds is 5. The van der Waals surface area contributed by atoms with Crippen LogP contribution in [0.15, 0.2) is 48.5 Å². The summed E-state index contributed by atoms with van der Waals surface area (Å²) in [6, 6.07) is 16.7. The topological polar surface area (TPSA) is 55.8 Å². The number of ether oxygens (including phenoxy) is 2. The van der Waals surface area contributed by atoms with Gasteiger partial charge >= 0.3 is 12.1 Å². The van der Waals surface area contributed by atoms with Gasteiger partial charge in [0.2, 0.25) is 0 Å². The van der Waals surface area contributed by atoms with E-state index < -0.39 is 0 Å². The molecule has 0 N–H and O–H groups in total. The molecule has 0 aromatic heterocycles. The molecule has 5 nitrogen and oxygen atoms in total. The molecule has 1 heterocycles. The predicted molar refractivity (Wildman–Crippen MR) is 111 cm³/mol. The van der Waals surface area contributed by atoms with E-state index in [0.29, 0.717) is 26.2 Å². The lowest BCUT2D eigenvalue weighted by molar-refractivity contribution is -0.141. The average Bonchev–Trinajstić information content (AvgIpc) is 3.06. The van der Waals surface area contributed by atoms with Gasteiger partial charge in [-0.25, -0.2) is 4.79 Å². The van der Waals surface area contributed by atoms with Gasteiger partial charge in [0.25, 0.3) is 0 Å². The molecule has 1 amide bonds. The van der Waals surface area contributed by atoms with Crippen LogP contribution in [0.1, 0.15) is 49.7 Å². The highest BCUT2D eigenvalue weighted by Gasteiger charge is 2.32. The lowest BCUT2D eigenvalue weighted by Gasteiger charge is -2.35. The number of hydrogen-bond donors (Lipinski definition) is 0. The molecule has 0 saturated carbocycles. The Morgan fingerprint density at radius 2 is 1.62 bits per heavy atom. The molecule has 1 aliphatic carbocycles. The molecular weight excluding hydrogens is 366 g/mol. The fraction of sp³-hybridized carbons (Fsp3) is 0.417. The van der Waals surface area contributed by atoms with Crippen molar-refractivity contribution in [3.8, 4) is 11.1 Å². The maximum absolute atomic E-state index is 12.9. The van der Waals surface area contributed by atoms with E-state index in [9.17, 15) is 9.59 Å². The number of piperidine rings is 1.